The smallest absolute Gasteiger partial charge is 0.211 e. The number of benzene rings is 1. The van der Waals surface area contributed by atoms with E-state index in [0.717, 1.165) is 0 Å². The van der Waals surface area contributed by atoms with Crippen molar-refractivity contribution in [2.75, 3.05) is 5.34 Å². The van der Waals surface area contributed by atoms with Gasteiger partial charge < -0.3 is 0 Å². The Labute approximate surface area is 137 Å². The van der Waals surface area contributed by atoms with E-state index in [1.807, 2.05) is 0 Å². The maximum absolute atomic E-state index is 13.0. The quantitative estimate of drug-likeness (QED) is 0.335. The second kappa shape index (κ2) is 13.8. The average Bonchev–Trinajstić information content (AvgIpc) is 2.28. The topological polar surface area (TPSA) is 51.2 Å². The highest BCUT2D eigenvalue weighted by Crippen LogP contribution is 2.08. The van der Waals surface area contributed by atoms with Gasteiger partial charge in [0, 0.05) is 21.4 Å². The first-order chi connectivity index (χ1) is 9.26. The van der Waals surface area contributed by atoms with Crippen molar-refractivity contribution >= 4 is 65.4 Å². The van der Waals surface area contributed by atoms with E-state index >= 15 is 0 Å². The van der Waals surface area contributed by atoms with Gasteiger partial charge in [-0.1, -0.05) is 12.1 Å². The molecular weight excluding hydrogens is 373 g/mol. The van der Waals surface area contributed by atoms with E-state index in [9.17, 15) is 14.0 Å². The lowest BCUT2D eigenvalue weighted by atomic mass is 10.1. The van der Waals surface area contributed by atoms with Gasteiger partial charge in [0.1, 0.15) is 11.6 Å². The molecule has 0 radical (unpaired) electrons. The molecule has 0 aliphatic heterocycles. The van der Waals surface area contributed by atoms with Crippen molar-refractivity contribution in [3.8, 4) is 0 Å². The van der Waals surface area contributed by atoms with Gasteiger partial charge in [-0.05, 0) is 19.1 Å². The Hall–Kier alpha value is -0.200. The van der Waals surface area contributed by atoms with Gasteiger partial charge in [0.25, 0.3) is 0 Å². The normalized spacial score (nSPS) is 8.95. The predicted molar refractivity (Wildman–Crippen MR) is 82.4 cm³/mol. The van der Waals surface area contributed by atoms with Crippen molar-refractivity contribution < 1.29 is 18.2 Å². The molecule has 0 aromatic heterocycles. The zero-order valence-corrected chi connectivity index (χ0v) is 14.1. The molecule has 3 nitrogen and oxygen atoms in total. The number of ketones is 2. The Kier molecular flexibility index (Phi) is 15.2. The molecule has 0 heterocycles. The van der Waals surface area contributed by atoms with Gasteiger partial charge in [-0.15, -0.1) is 23.2 Å². The van der Waals surface area contributed by atoms with Crippen molar-refractivity contribution in [3.05, 3.63) is 35.6 Å². The summed E-state index contributed by atoms with van der Waals surface area (Å²) in [6.07, 6.45) is -0.235. The van der Waals surface area contributed by atoms with E-state index < -0.39 is 20.8 Å². The summed E-state index contributed by atoms with van der Waals surface area (Å²) in [5.41, 5.74) is -0.0160. The minimum Gasteiger partial charge on any atom is -0.300 e. The Morgan fingerprint density at radius 1 is 1.20 bits per heavy atom. The third-order valence-electron chi connectivity index (χ3n) is 1.58. The maximum atomic E-state index is 13.0. The van der Waals surface area contributed by atoms with E-state index in [0.29, 0.717) is 0 Å². The van der Waals surface area contributed by atoms with Gasteiger partial charge >= 0.3 is 0 Å². The van der Waals surface area contributed by atoms with Crippen LogP contribution in [0.5, 0.6) is 0 Å². The molecule has 0 N–H and O–H groups in total. The van der Waals surface area contributed by atoms with Crippen LogP contribution in [0, 0.1) is 5.82 Å². The monoisotopic (exact) mass is 382 g/mol. The molecule has 0 spiro atoms. The molecule has 1 aromatic carbocycles. The van der Waals surface area contributed by atoms with Crippen LogP contribution in [-0.2, 0) is 14.0 Å². The summed E-state index contributed by atoms with van der Waals surface area (Å²) in [6.45, 7) is 1.30. The lowest BCUT2D eigenvalue weighted by molar-refractivity contribution is -0.116. The van der Waals surface area contributed by atoms with Crippen LogP contribution >= 0.6 is 44.6 Å². The fourth-order valence-corrected chi connectivity index (χ4v) is 1.01. The van der Waals surface area contributed by atoms with E-state index in [-0.39, 0.29) is 23.1 Å². The first-order valence-corrected chi connectivity index (χ1v) is 8.76. The third kappa shape index (κ3) is 14.2. The summed E-state index contributed by atoms with van der Waals surface area (Å²) < 4.78 is 22.0. The molecule has 0 atom stereocenters. The molecular formula is C11H11Cl4FO3S. The molecule has 20 heavy (non-hydrogen) atoms. The third-order valence-corrected chi connectivity index (χ3v) is 1.58. The Balaban J connectivity index is 0. The van der Waals surface area contributed by atoms with Gasteiger partial charge in [-0.3, -0.25) is 9.59 Å². The predicted octanol–water partition coefficient (Wildman–Crippen LogP) is 4.45. The second-order valence-corrected chi connectivity index (χ2v) is 6.40. The second-order valence-electron chi connectivity index (χ2n) is 3.07. The molecule has 0 unspecified atom stereocenters. The van der Waals surface area contributed by atoms with Gasteiger partial charge in [0.2, 0.25) is 9.23 Å². The van der Waals surface area contributed by atoms with E-state index in [4.69, 9.17) is 27.4 Å². The highest BCUT2D eigenvalue weighted by atomic mass is 36.0. The van der Waals surface area contributed by atoms with Crippen LogP contribution in [0.4, 0.5) is 4.39 Å². The highest BCUT2D eigenvalue weighted by Gasteiger charge is 2.11. The average molecular weight is 384 g/mol. The number of hydrogen-bond donors (Lipinski definition) is 0. The zero-order valence-electron chi connectivity index (χ0n) is 10.2. The Morgan fingerprint density at radius 2 is 1.60 bits per heavy atom. The molecule has 0 bridgehead atoms. The summed E-state index contributed by atoms with van der Waals surface area (Å²) in [4.78, 5) is 21.8. The number of halogens is 5. The summed E-state index contributed by atoms with van der Waals surface area (Å²) in [6, 6.07) is 5.64. The minimum atomic E-state index is -1.67. The maximum Gasteiger partial charge on any atom is 0.211 e. The van der Waals surface area contributed by atoms with E-state index in [2.05, 4.69) is 21.4 Å². The number of carbonyl (C=O) groups excluding carboxylic acids is 2. The lowest BCUT2D eigenvalue weighted by Gasteiger charge is -1.98. The standard InChI is InChI=1S/C10H9FO2.CH2Cl2.Cl2OS/c1-7(12)6-10(13)8-4-2-3-5-9(8)11;2-1-3;1-4(2)3/h2-5H,6H2,1H3;1H2;. The molecule has 9 heteroatoms. The van der Waals surface area contributed by atoms with Crippen LogP contribution in [0.25, 0.3) is 0 Å². The molecule has 0 amide bonds. The van der Waals surface area contributed by atoms with Crippen molar-refractivity contribution in [2.45, 2.75) is 13.3 Å². The largest absolute Gasteiger partial charge is 0.300 e. The van der Waals surface area contributed by atoms with E-state index in [1.165, 1.54) is 25.1 Å². The summed E-state index contributed by atoms with van der Waals surface area (Å²) in [5, 5.41) is 0.194. The first-order valence-electron chi connectivity index (χ1n) is 4.89. The molecule has 1 aromatic rings. The summed E-state index contributed by atoms with van der Waals surface area (Å²) in [5.74, 6) is -1.30. The summed E-state index contributed by atoms with van der Waals surface area (Å²) >= 11 is 9.53. The van der Waals surface area contributed by atoms with Crippen molar-refractivity contribution in [3.63, 3.8) is 0 Å². The van der Waals surface area contributed by atoms with Crippen LogP contribution < -0.4 is 0 Å². The van der Waals surface area contributed by atoms with Crippen molar-refractivity contribution in [1.29, 1.82) is 0 Å². The first kappa shape index (κ1) is 22.1. The van der Waals surface area contributed by atoms with Gasteiger partial charge in [0.15, 0.2) is 5.78 Å². The number of alkyl halides is 2. The van der Waals surface area contributed by atoms with Gasteiger partial charge in [-0.25, -0.2) is 8.60 Å². The minimum absolute atomic E-state index is 0.0160. The Morgan fingerprint density at radius 3 is 1.95 bits per heavy atom. The number of carbonyl (C=O) groups is 2. The van der Waals surface area contributed by atoms with Crippen LogP contribution in [0.2, 0.25) is 0 Å². The lowest BCUT2D eigenvalue weighted by Crippen LogP contribution is -2.06. The van der Waals surface area contributed by atoms with Crippen LogP contribution in [-0.4, -0.2) is 21.1 Å². The Bertz CT molecular complexity index is 453. The molecule has 0 aliphatic rings. The fraction of sp³-hybridized carbons (Fsp3) is 0.273. The van der Waals surface area contributed by atoms with Crippen LogP contribution in [0.3, 0.4) is 0 Å². The molecule has 0 saturated heterocycles. The SMILES string of the molecule is CC(=O)CC(=O)c1ccccc1F.ClCCl.O=S(Cl)Cl. The molecule has 0 aliphatic carbocycles. The number of hydrogen-bond acceptors (Lipinski definition) is 3. The molecule has 114 valence electrons. The van der Waals surface area contributed by atoms with Crippen molar-refractivity contribution in [2.24, 2.45) is 0 Å². The molecule has 0 saturated carbocycles. The molecule has 0 fully saturated rings. The molecule has 1 rings (SSSR count). The van der Waals surface area contributed by atoms with Crippen LogP contribution in [0.15, 0.2) is 24.3 Å². The van der Waals surface area contributed by atoms with Gasteiger partial charge in [-0.2, -0.15) is 0 Å². The number of rotatable bonds is 3. The van der Waals surface area contributed by atoms with Crippen molar-refractivity contribution in [1.82, 2.24) is 0 Å². The highest BCUT2D eigenvalue weighted by molar-refractivity contribution is 8.26. The van der Waals surface area contributed by atoms with Gasteiger partial charge in [0.05, 0.1) is 17.3 Å². The summed E-state index contributed by atoms with van der Waals surface area (Å²) in [7, 11) is 7.36. The number of Topliss-reactive ketones (excluding diaryl/α,β-unsaturated/α-hetero) is 2. The van der Waals surface area contributed by atoms with E-state index in [1.54, 1.807) is 6.07 Å². The zero-order chi connectivity index (χ0) is 16.1. The fourth-order valence-electron chi connectivity index (χ4n) is 1.01. The van der Waals surface area contributed by atoms with Crippen LogP contribution in [0.1, 0.15) is 23.7 Å².